The van der Waals surface area contributed by atoms with Gasteiger partial charge in [-0.05, 0) is 31.5 Å². The Labute approximate surface area is 72.6 Å². The molecular formula is C10H13NO. The molecule has 0 atom stereocenters. The van der Waals surface area contributed by atoms with Crippen molar-refractivity contribution in [2.75, 3.05) is 0 Å². The number of aliphatic imine (C=N–C) groups is 1. The number of phenolic OH excluding ortho intramolecular Hbond substituents is 1. The van der Waals surface area contributed by atoms with E-state index in [2.05, 4.69) is 4.99 Å². The predicted molar refractivity (Wildman–Crippen MR) is 50.8 cm³/mol. The van der Waals surface area contributed by atoms with E-state index in [-0.39, 0.29) is 5.75 Å². The van der Waals surface area contributed by atoms with Gasteiger partial charge in [0.05, 0.1) is 0 Å². The lowest BCUT2D eigenvalue weighted by molar-refractivity contribution is 0.475. The first-order chi connectivity index (χ1) is 5.68. The fourth-order valence-corrected chi connectivity index (χ4v) is 0.840. The van der Waals surface area contributed by atoms with Crippen LogP contribution in [0.2, 0.25) is 0 Å². The lowest BCUT2D eigenvalue weighted by atomic mass is 10.2. The van der Waals surface area contributed by atoms with Crippen LogP contribution in [0.25, 0.3) is 0 Å². The Morgan fingerprint density at radius 2 is 2.17 bits per heavy atom. The molecule has 0 saturated heterocycles. The largest absolute Gasteiger partial charge is 0.508 e. The number of benzene rings is 1. The first-order valence-electron chi connectivity index (χ1n) is 4.00. The van der Waals surface area contributed by atoms with Gasteiger partial charge < -0.3 is 5.11 Å². The minimum Gasteiger partial charge on any atom is -0.508 e. The van der Waals surface area contributed by atoms with Gasteiger partial charge in [-0.25, -0.2) is 0 Å². The second kappa shape index (κ2) is 3.90. The third-order valence-corrected chi connectivity index (χ3v) is 1.39. The van der Waals surface area contributed by atoms with E-state index in [1.165, 1.54) is 0 Å². The lowest BCUT2D eigenvalue weighted by Crippen LogP contribution is -1.89. The van der Waals surface area contributed by atoms with E-state index in [0.717, 1.165) is 5.56 Å². The van der Waals surface area contributed by atoms with E-state index in [4.69, 9.17) is 5.11 Å². The third-order valence-electron chi connectivity index (χ3n) is 1.39. The summed E-state index contributed by atoms with van der Waals surface area (Å²) in [7, 11) is 0. The Bertz CT molecular complexity index is 279. The molecule has 0 spiro atoms. The molecule has 0 fully saturated rings. The average molecular weight is 163 g/mol. The van der Waals surface area contributed by atoms with Crippen molar-refractivity contribution in [3.05, 3.63) is 29.8 Å². The maximum absolute atomic E-state index is 9.12. The molecule has 0 aliphatic heterocycles. The Hall–Kier alpha value is -1.31. The topological polar surface area (TPSA) is 32.6 Å². The van der Waals surface area contributed by atoms with Crippen LogP contribution in [-0.2, 0) is 0 Å². The fourth-order valence-electron chi connectivity index (χ4n) is 0.840. The van der Waals surface area contributed by atoms with Gasteiger partial charge >= 0.3 is 0 Å². The summed E-state index contributed by atoms with van der Waals surface area (Å²) in [6, 6.07) is 7.34. The van der Waals surface area contributed by atoms with E-state index in [0.29, 0.717) is 6.04 Å². The average Bonchev–Trinajstić information content (AvgIpc) is 2.01. The zero-order chi connectivity index (χ0) is 8.97. The molecule has 0 aliphatic carbocycles. The monoisotopic (exact) mass is 163 g/mol. The normalized spacial score (nSPS) is 11.2. The van der Waals surface area contributed by atoms with Gasteiger partial charge in [0.1, 0.15) is 5.75 Å². The molecule has 0 unspecified atom stereocenters. The van der Waals surface area contributed by atoms with Crippen molar-refractivity contribution in [1.82, 2.24) is 0 Å². The molecule has 1 rings (SSSR count). The van der Waals surface area contributed by atoms with E-state index in [1.807, 2.05) is 19.9 Å². The Kier molecular flexibility index (Phi) is 2.86. The standard InChI is InChI=1S/C10H13NO/c1-8(2)11-7-9-4-3-5-10(12)6-9/h3-8,12H,1-2H3. The zero-order valence-electron chi connectivity index (χ0n) is 7.36. The summed E-state index contributed by atoms with van der Waals surface area (Å²) in [5, 5.41) is 9.12. The number of rotatable bonds is 2. The maximum Gasteiger partial charge on any atom is 0.116 e. The second-order valence-electron chi connectivity index (χ2n) is 2.97. The van der Waals surface area contributed by atoms with Crippen LogP contribution in [0.1, 0.15) is 19.4 Å². The molecule has 0 saturated carbocycles. The number of phenols is 1. The quantitative estimate of drug-likeness (QED) is 0.666. The number of aromatic hydroxyl groups is 1. The molecule has 2 nitrogen and oxygen atoms in total. The highest BCUT2D eigenvalue weighted by molar-refractivity contribution is 5.80. The molecule has 1 aromatic rings. The van der Waals surface area contributed by atoms with Crippen LogP contribution in [0.15, 0.2) is 29.3 Å². The van der Waals surface area contributed by atoms with Crippen molar-refractivity contribution >= 4 is 6.21 Å². The van der Waals surface area contributed by atoms with Gasteiger partial charge in [-0.2, -0.15) is 0 Å². The van der Waals surface area contributed by atoms with E-state index in [9.17, 15) is 0 Å². The first kappa shape index (κ1) is 8.78. The molecular weight excluding hydrogens is 150 g/mol. The van der Waals surface area contributed by atoms with Crippen molar-refractivity contribution in [2.24, 2.45) is 4.99 Å². The van der Waals surface area contributed by atoms with Crippen molar-refractivity contribution in [3.63, 3.8) is 0 Å². The maximum atomic E-state index is 9.12. The zero-order valence-corrected chi connectivity index (χ0v) is 7.36. The van der Waals surface area contributed by atoms with E-state index in [1.54, 1.807) is 24.4 Å². The summed E-state index contributed by atoms with van der Waals surface area (Å²) in [5.74, 6) is 0.280. The van der Waals surface area contributed by atoms with Gasteiger partial charge in [0.25, 0.3) is 0 Å². The SMILES string of the molecule is CC(C)N=Cc1cccc(O)c1. The van der Waals surface area contributed by atoms with Crippen LogP contribution in [0.3, 0.4) is 0 Å². The molecule has 0 amide bonds. The summed E-state index contributed by atoms with van der Waals surface area (Å²) in [6.07, 6.45) is 1.77. The first-order valence-corrected chi connectivity index (χ1v) is 4.00. The summed E-state index contributed by atoms with van der Waals surface area (Å²) in [5.41, 5.74) is 0.934. The van der Waals surface area contributed by atoms with Crippen LogP contribution >= 0.6 is 0 Å². The van der Waals surface area contributed by atoms with Gasteiger partial charge in [-0.15, -0.1) is 0 Å². The Morgan fingerprint density at radius 3 is 2.75 bits per heavy atom. The fraction of sp³-hybridized carbons (Fsp3) is 0.300. The molecule has 1 aromatic carbocycles. The number of hydrogen-bond acceptors (Lipinski definition) is 2. The number of hydrogen-bond donors (Lipinski definition) is 1. The van der Waals surface area contributed by atoms with Gasteiger partial charge in [0, 0.05) is 12.3 Å². The Morgan fingerprint density at radius 1 is 1.42 bits per heavy atom. The summed E-state index contributed by atoms with van der Waals surface area (Å²) in [6.45, 7) is 4.03. The number of nitrogens with zero attached hydrogens (tertiary/aromatic N) is 1. The van der Waals surface area contributed by atoms with Gasteiger partial charge in [0.2, 0.25) is 0 Å². The molecule has 0 radical (unpaired) electrons. The van der Waals surface area contributed by atoms with Gasteiger partial charge in [-0.3, -0.25) is 4.99 Å². The highest BCUT2D eigenvalue weighted by Crippen LogP contribution is 2.08. The second-order valence-corrected chi connectivity index (χ2v) is 2.97. The van der Waals surface area contributed by atoms with Crippen LogP contribution in [0, 0.1) is 0 Å². The molecule has 1 N–H and O–H groups in total. The van der Waals surface area contributed by atoms with Gasteiger partial charge in [-0.1, -0.05) is 12.1 Å². The molecule has 0 aliphatic rings. The van der Waals surface area contributed by atoms with Crippen LogP contribution in [0.4, 0.5) is 0 Å². The van der Waals surface area contributed by atoms with Gasteiger partial charge in [0.15, 0.2) is 0 Å². The molecule has 0 aromatic heterocycles. The van der Waals surface area contributed by atoms with Crippen molar-refractivity contribution in [3.8, 4) is 5.75 Å². The summed E-state index contributed by atoms with van der Waals surface area (Å²) in [4.78, 5) is 4.20. The van der Waals surface area contributed by atoms with Crippen molar-refractivity contribution in [2.45, 2.75) is 19.9 Å². The van der Waals surface area contributed by atoms with Crippen molar-refractivity contribution in [1.29, 1.82) is 0 Å². The van der Waals surface area contributed by atoms with Crippen molar-refractivity contribution < 1.29 is 5.11 Å². The summed E-state index contributed by atoms with van der Waals surface area (Å²) >= 11 is 0. The molecule has 12 heavy (non-hydrogen) atoms. The third kappa shape index (κ3) is 2.74. The minimum atomic E-state index is 0.280. The summed E-state index contributed by atoms with van der Waals surface area (Å²) < 4.78 is 0. The smallest absolute Gasteiger partial charge is 0.116 e. The van der Waals surface area contributed by atoms with Crippen LogP contribution in [0.5, 0.6) is 5.75 Å². The van der Waals surface area contributed by atoms with E-state index < -0.39 is 0 Å². The van der Waals surface area contributed by atoms with E-state index >= 15 is 0 Å². The molecule has 64 valence electrons. The minimum absolute atomic E-state index is 0.280. The highest BCUT2D eigenvalue weighted by atomic mass is 16.3. The van der Waals surface area contributed by atoms with Crippen LogP contribution < -0.4 is 0 Å². The molecule has 0 heterocycles. The molecule has 2 heteroatoms. The predicted octanol–water partition coefficient (Wildman–Crippen LogP) is 2.22. The van der Waals surface area contributed by atoms with Crippen LogP contribution in [-0.4, -0.2) is 17.4 Å². The lowest BCUT2D eigenvalue weighted by Gasteiger charge is -1.96. The Balaban J connectivity index is 2.76. The highest BCUT2D eigenvalue weighted by Gasteiger charge is 1.90. The molecule has 0 bridgehead atoms.